The topological polar surface area (TPSA) is 77.0 Å². The maximum absolute atomic E-state index is 11.5. The quantitative estimate of drug-likeness (QED) is 0.591. The van der Waals surface area contributed by atoms with Crippen molar-refractivity contribution in [1.82, 2.24) is 19.7 Å². The number of likely N-dealkylation sites (N-methyl/N-ethyl adjacent to an activating group) is 1. The van der Waals surface area contributed by atoms with Gasteiger partial charge in [0.1, 0.15) is 5.82 Å². The Kier molecular flexibility index (Phi) is 1.77. The second-order valence-electron chi connectivity index (χ2n) is 3.02. The number of hydrogen-bond donors (Lipinski definition) is 1. The summed E-state index contributed by atoms with van der Waals surface area (Å²) in [6.07, 6.45) is 0. The monoisotopic (exact) mass is 181 g/mol. The van der Waals surface area contributed by atoms with Crippen molar-refractivity contribution >= 4 is 5.91 Å². The zero-order chi connectivity index (χ0) is 9.42. The zero-order valence-corrected chi connectivity index (χ0v) is 7.40. The average molecular weight is 181 g/mol. The van der Waals surface area contributed by atoms with Gasteiger partial charge in [-0.15, -0.1) is 10.2 Å². The van der Waals surface area contributed by atoms with Crippen LogP contribution in [0.2, 0.25) is 0 Å². The Bertz CT molecular complexity index is 345. The highest BCUT2D eigenvalue weighted by atomic mass is 16.2. The number of amides is 1. The Morgan fingerprint density at radius 1 is 1.46 bits per heavy atom. The molecule has 13 heavy (non-hydrogen) atoms. The second kappa shape index (κ2) is 2.81. The van der Waals surface area contributed by atoms with E-state index in [-0.39, 0.29) is 5.91 Å². The van der Waals surface area contributed by atoms with Crippen LogP contribution in [0.15, 0.2) is 0 Å². The predicted octanol–water partition coefficient (Wildman–Crippen LogP) is -1.18. The first kappa shape index (κ1) is 8.18. The van der Waals surface area contributed by atoms with Crippen molar-refractivity contribution in [2.24, 2.45) is 5.73 Å². The number of fused-ring (bicyclic) bond motifs is 1. The van der Waals surface area contributed by atoms with Gasteiger partial charge in [-0.05, 0) is 0 Å². The number of carbonyl (C=O) groups excluding carboxylic acids is 1. The van der Waals surface area contributed by atoms with Gasteiger partial charge in [0.2, 0.25) is 5.82 Å². The molecule has 6 heteroatoms. The van der Waals surface area contributed by atoms with Crippen LogP contribution in [0.25, 0.3) is 0 Å². The van der Waals surface area contributed by atoms with E-state index in [1.807, 2.05) is 0 Å². The highest BCUT2D eigenvalue weighted by Gasteiger charge is 2.25. The average Bonchev–Trinajstić information content (AvgIpc) is 2.55. The van der Waals surface area contributed by atoms with Crippen LogP contribution in [0.3, 0.4) is 0 Å². The Hall–Kier alpha value is -1.43. The summed E-state index contributed by atoms with van der Waals surface area (Å²) in [4.78, 5) is 13.1. The van der Waals surface area contributed by atoms with Crippen LogP contribution >= 0.6 is 0 Å². The van der Waals surface area contributed by atoms with E-state index in [1.165, 1.54) is 0 Å². The van der Waals surface area contributed by atoms with E-state index < -0.39 is 0 Å². The molecule has 0 bridgehead atoms. The lowest BCUT2D eigenvalue weighted by molar-refractivity contribution is 0.0740. The van der Waals surface area contributed by atoms with Crippen molar-refractivity contribution in [3.8, 4) is 0 Å². The van der Waals surface area contributed by atoms with E-state index in [4.69, 9.17) is 5.73 Å². The maximum Gasteiger partial charge on any atom is 0.291 e. The third kappa shape index (κ3) is 1.10. The number of nitrogens with zero attached hydrogens (tertiary/aromatic N) is 4. The predicted molar refractivity (Wildman–Crippen MR) is 44.9 cm³/mol. The molecular formula is C7H11N5O. The molecule has 0 aliphatic carbocycles. The van der Waals surface area contributed by atoms with Gasteiger partial charge < -0.3 is 15.2 Å². The van der Waals surface area contributed by atoms with Crippen molar-refractivity contribution in [3.05, 3.63) is 11.6 Å². The summed E-state index contributed by atoms with van der Waals surface area (Å²) in [7, 11) is 1.75. The van der Waals surface area contributed by atoms with Crippen LogP contribution in [-0.2, 0) is 13.1 Å². The number of aromatic nitrogens is 3. The Morgan fingerprint density at radius 3 is 2.92 bits per heavy atom. The molecule has 0 spiro atoms. The van der Waals surface area contributed by atoms with Crippen LogP contribution in [0, 0.1) is 0 Å². The van der Waals surface area contributed by atoms with Gasteiger partial charge in [-0.3, -0.25) is 4.79 Å². The zero-order valence-electron chi connectivity index (χ0n) is 7.40. The molecule has 2 N–H and O–H groups in total. The van der Waals surface area contributed by atoms with E-state index >= 15 is 0 Å². The van der Waals surface area contributed by atoms with Gasteiger partial charge in [-0.25, -0.2) is 0 Å². The molecule has 0 unspecified atom stereocenters. The molecule has 1 aromatic rings. The number of carbonyl (C=O) groups is 1. The lowest BCUT2D eigenvalue weighted by atomic mass is 10.3. The smallest absolute Gasteiger partial charge is 0.291 e. The Labute approximate surface area is 75.3 Å². The standard InChI is InChI=1S/C7H11N5O/c1-11-2-3-12-5(4-8)9-10-6(12)7(11)13/h2-4,8H2,1H3. The van der Waals surface area contributed by atoms with Crippen LogP contribution in [0.1, 0.15) is 16.4 Å². The van der Waals surface area contributed by atoms with Gasteiger partial charge in [0.15, 0.2) is 0 Å². The van der Waals surface area contributed by atoms with Crippen molar-refractivity contribution in [2.45, 2.75) is 13.1 Å². The van der Waals surface area contributed by atoms with Crippen LogP contribution in [0.5, 0.6) is 0 Å². The first-order chi connectivity index (χ1) is 6.24. The summed E-state index contributed by atoms with van der Waals surface area (Å²) in [5.41, 5.74) is 5.45. The Balaban J connectivity index is 2.45. The lowest BCUT2D eigenvalue weighted by Crippen LogP contribution is -2.38. The van der Waals surface area contributed by atoms with E-state index in [1.54, 1.807) is 16.5 Å². The largest absolute Gasteiger partial charge is 0.337 e. The fourth-order valence-electron chi connectivity index (χ4n) is 1.40. The molecule has 0 fully saturated rings. The van der Waals surface area contributed by atoms with E-state index in [9.17, 15) is 4.79 Å². The molecule has 2 rings (SSSR count). The Morgan fingerprint density at radius 2 is 2.23 bits per heavy atom. The van der Waals surface area contributed by atoms with Gasteiger partial charge in [-0.2, -0.15) is 0 Å². The van der Waals surface area contributed by atoms with Gasteiger partial charge >= 0.3 is 0 Å². The summed E-state index contributed by atoms with van der Waals surface area (Å²) in [5.74, 6) is 0.990. The fourth-order valence-corrected chi connectivity index (χ4v) is 1.40. The van der Waals surface area contributed by atoms with Gasteiger partial charge in [0, 0.05) is 20.1 Å². The SMILES string of the molecule is CN1CCn2c(CN)nnc2C1=O. The molecule has 1 aliphatic rings. The third-order valence-electron chi connectivity index (χ3n) is 2.21. The fraction of sp³-hybridized carbons (Fsp3) is 0.571. The van der Waals surface area contributed by atoms with E-state index in [0.717, 1.165) is 6.54 Å². The normalized spacial score (nSPS) is 16.2. The molecule has 0 saturated carbocycles. The summed E-state index contributed by atoms with van der Waals surface area (Å²) in [6.45, 7) is 1.75. The summed E-state index contributed by atoms with van der Waals surface area (Å²) < 4.78 is 1.78. The van der Waals surface area contributed by atoms with E-state index in [0.29, 0.717) is 24.7 Å². The molecule has 2 heterocycles. The van der Waals surface area contributed by atoms with Gasteiger partial charge in [0.05, 0.1) is 6.54 Å². The third-order valence-corrected chi connectivity index (χ3v) is 2.21. The maximum atomic E-state index is 11.5. The molecule has 0 atom stereocenters. The minimum absolute atomic E-state index is 0.0848. The number of rotatable bonds is 1. The van der Waals surface area contributed by atoms with Crippen molar-refractivity contribution in [1.29, 1.82) is 0 Å². The molecule has 0 aromatic carbocycles. The van der Waals surface area contributed by atoms with Crippen molar-refractivity contribution < 1.29 is 4.79 Å². The first-order valence-corrected chi connectivity index (χ1v) is 4.11. The van der Waals surface area contributed by atoms with Crippen molar-refractivity contribution in [2.75, 3.05) is 13.6 Å². The number of nitrogens with two attached hydrogens (primary N) is 1. The molecule has 0 saturated heterocycles. The molecule has 70 valence electrons. The van der Waals surface area contributed by atoms with Gasteiger partial charge in [0.25, 0.3) is 5.91 Å². The first-order valence-electron chi connectivity index (χ1n) is 4.11. The molecule has 1 aliphatic heterocycles. The van der Waals surface area contributed by atoms with Crippen molar-refractivity contribution in [3.63, 3.8) is 0 Å². The van der Waals surface area contributed by atoms with Crippen LogP contribution < -0.4 is 5.73 Å². The van der Waals surface area contributed by atoms with Crippen LogP contribution in [0.4, 0.5) is 0 Å². The lowest BCUT2D eigenvalue weighted by Gasteiger charge is -2.23. The minimum atomic E-state index is -0.0848. The summed E-state index contributed by atoms with van der Waals surface area (Å²) >= 11 is 0. The molecular weight excluding hydrogens is 170 g/mol. The number of hydrogen-bond acceptors (Lipinski definition) is 4. The molecule has 6 nitrogen and oxygen atoms in total. The summed E-state index contributed by atoms with van der Waals surface area (Å²) in [6, 6.07) is 0. The minimum Gasteiger partial charge on any atom is -0.337 e. The highest BCUT2D eigenvalue weighted by molar-refractivity contribution is 5.91. The molecule has 1 aromatic heterocycles. The second-order valence-corrected chi connectivity index (χ2v) is 3.02. The highest BCUT2D eigenvalue weighted by Crippen LogP contribution is 2.09. The van der Waals surface area contributed by atoms with E-state index in [2.05, 4.69) is 10.2 Å². The summed E-state index contributed by atoms with van der Waals surface area (Å²) in [5, 5.41) is 7.64. The van der Waals surface area contributed by atoms with Crippen LogP contribution in [-0.4, -0.2) is 39.2 Å². The molecule has 0 radical (unpaired) electrons. The van der Waals surface area contributed by atoms with Gasteiger partial charge in [-0.1, -0.05) is 0 Å². The molecule has 1 amide bonds.